The second-order valence-electron chi connectivity index (χ2n) is 6.36. The smallest absolute Gasteiger partial charge is 0.272 e. The molecule has 2 amide bonds. The highest BCUT2D eigenvalue weighted by Crippen LogP contribution is 2.21. The van der Waals surface area contributed by atoms with Crippen LogP contribution < -0.4 is 5.32 Å². The lowest BCUT2D eigenvalue weighted by molar-refractivity contribution is -0.118. The number of pyridine rings is 1. The number of fused-ring (bicyclic) bond motifs is 1. The topological polar surface area (TPSA) is 96.4 Å². The van der Waals surface area contributed by atoms with Crippen molar-refractivity contribution in [2.75, 3.05) is 25.9 Å². The predicted octanol–water partition coefficient (Wildman–Crippen LogP) is 1.00. The number of carbonyl (C=O) groups is 2. The Balaban J connectivity index is 1.67. The maximum absolute atomic E-state index is 12.7. The summed E-state index contributed by atoms with van der Waals surface area (Å²) in [4.78, 5) is 30.1. The van der Waals surface area contributed by atoms with Gasteiger partial charge < -0.3 is 10.2 Å². The summed E-state index contributed by atoms with van der Waals surface area (Å²) in [5.41, 5.74) is 1.11. The van der Waals surface area contributed by atoms with Crippen molar-refractivity contribution >= 4 is 32.6 Å². The quantitative estimate of drug-likeness (QED) is 0.860. The Morgan fingerprint density at radius 3 is 2.54 bits per heavy atom. The van der Waals surface area contributed by atoms with E-state index in [4.69, 9.17) is 0 Å². The van der Waals surface area contributed by atoms with E-state index in [1.165, 1.54) is 7.05 Å². The number of benzene rings is 1. The van der Waals surface area contributed by atoms with Crippen molar-refractivity contribution in [3.8, 4) is 0 Å². The van der Waals surface area contributed by atoms with Crippen LogP contribution in [0.2, 0.25) is 0 Å². The molecule has 1 aromatic carbocycles. The van der Waals surface area contributed by atoms with Crippen molar-refractivity contribution in [1.29, 1.82) is 0 Å². The van der Waals surface area contributed by atoms with Crippen molar-refractivity contribution in [3.05, 3.63) is 42.1 Å². The third-order valence-electron chi connectivity index (χ3n) is 4.67. The standard InChI is InChI=1S/C18H21N3O4S/c1-19-17(22)12-26(24,25)14-8-10-21(11-9-14)18(23)16-7-6-13-4-2-3-5-15(13)20-16/h2-7,14H,8-12H2,1H3,(H,19,22). The molecule has 1 aliphatic rings. The van der Waals surface area contributed by atoms with E-state index in [9.17, 15) is 18.0 Å². The number of aromatic nitrogens is 1. The monoisotopic (exact) mass is 375 g/mol. The summed E-state index contributed by atoms with van der Waals surface area (Å²) in [6.45, 7) is 0.677. The summed E-state index contributed by atoms with van der Waals surface area (Å²) >= 11 is 0. The molecule has 1 N–H and O–H groups in total. The van der Waals surface area contributed by atoms with Gasteiger partial charge in [-0.1, -0.05) is 24.3 Å². The highest BCUT2D eigenvalue weighted by molar-refractivity contribution is 7.92. The molecule has 26 heavy (non-hydrogen) atoms. The summed E-state index contributed by atoms with van der Waals surface area (Å²) in [6.07, 6.45) is 0.664. The van der Waals surface area contributed by atoms with E-state index in [1.807, 2.05) is 30.3 Å². The molecule has 1 aromatic heterocycles. The van der Waals surface area contributed by atoms with Gasteiger partial charge in [-0.3, -0.25) is 9.59 Å². The Morgan fingerprint density at radius 1 is 1.15 bits per heavy atom. The number of carbonyl (C=O) groups excluding carboxylic acids is 2. The Kier molecular flexibility index (Phi) is 5.22. The van der Waals surface area contributed by atoms with Gasteiger partial charge in [-0.15, -0.1) is 0 Å². The number of rotatable bonds is 4. The fraction of sp³-hybridized carbons (Fsp3) is 0.389. The molecule has 1 fully saturated rings. The first-order valence-corrected chi connectivity index (χ1v) is 10.2. The summed E-state index contributed by atoms with van der Waals surface area (Å²) in [5.74, 6) is -1.21. The molecule has 1 aliphatic heterocycles. The summed E-state index contributed by atoms with van der Waals surface area (Å²) in [6, 6.07) is 11.1. The summed E-state index contributed by atoms with van der Waals surface area (Å²) in [7, 11) is -2.09. The van der Waals surface area contributed by atoms with Gasteiger partial charge in [0, 0.05) is 25.5 Å². The zero-order chi connectivity index (χ0) is 18.7. The molecule has 0 saturated carbocycles. The van der Waals surface area contributed by atoms with Crippen LogP contribution in [0.3, 0.4) is 0 Å². The highest BCUT2D eigenvalue weighted by Gasteiger charge is 2.33. The van der Waals surface area contributed by atoms with Gasteiger partial charge in [-0.05, 0) is 25.0 Å². The first kappa shape index (κ1) is 18.3. The van der Waals surface area contributed by atoms with Crippen LogP contribution in [0.5, 0.6) is 0 Å². The van der Waals surface area contributed by atoms with Gasteiger partial charge in [0.2, 0.25) is 5.91 Å². The molecular formula is C18H21N3O4S. The lowest BCUT2D eigenvalue weighted by Crippen LogP contribution is -2.44. The van der Waals surface area contributed by atoms with Crippen LogP contribution >= 0.6 is 0 Å². The van der Waals surface area contributed by atoms with Crippen molar-refractivity contribution in [2.45, 2.75) is 18.1 Å². The molecule has 0 bridgehead atoms. The molecule has 0 unspecified atom stereocenters. The van der Waals surface area contributed by atoms with Crippen LogP contribution in [0.4, 0.5) is 0 Å². The summed E-state index contributed by atoms with van der Waals surface area (Å²) < 4.78 is 24.5. The van der Waals surface area contributed by atoms with Crippen molar-refractivity contribution in [2.24, 2.45) is 0 Å². The molecule has 138 valence electrons. The van der Waals surface area contributed by atoms with E-state index in [1.54, 1.807) is 11.0 Å². The number of nitrogens with zero attached hydrogens (tertiary/aromatic N) is 2. The van der Waals surface area contributed by atoms with E-state index in [0.29, 0.717) is 31.6 Å². The molecule has 2 heterocycles. The number of para-hydroxylation sites is 1. The zero-order valence-corrected chi connectivity index (χ0v) is 15.3. The zero-order valence-electron chi connectivity index (χ0n) is 14.5. The molecule has 2 aromatic rings. The van der Waals surface area contributed by atoms with Crippen LogP contribution in [-0.4, -0.2) is 61.3 Å². The fourth-order valence-corrected chi connectivity index (χ4v) is 4.81. The van der Waals surface area contributed by atoms with Crippen molar-refractivity contribution in [3.63, 3.8) is 0 Å². The first-order chi connectivity index (χ1) is 12.4. The molecule has 0 spiro atoms. The van der Waals surface area contributed by atoms with Gasteiger partial charge in [0.05, 0.1) is 10.8 Å². The van der Waals surface area contributed by atoms with Gasteiger partial charge in [0.25, 0.3) is 5.91 Å². The van der Waals surface area contributed by atoms with E-state index in [2.05, 4.69) is 10.3 Å². The number of piperidine rings is 1. The van der Waals surface area contributed by atoms with Crippen LogP contribution in [0.1, 0.15) is 23.3 Å². The third kappa shape index (κ3) is 3.85. The fourth-order valence-electron chi connectivity index (χ4n) is 3.14. The molecule has 0 aliphatic carbocycles. The lowest BCUT2D eigenvalue weighted by Gasteiger charge is -2.31. The minimum Gasteiger partial charge on any atom is -0.358 e. The van der Waals surface area contributed by atoms with Gasteiger partial charge in [-0.2, -0.15) is 0 Å². The molecule has 7 nitrogen and oxygen atoms in total. The van der Waals surface area contributed by atoms with E-state index < -0.39 is 26.7 Å². The lowest BCUT2D eigenvalue weighted by atomic mass is 10.1. The highest BCUT2D eigenvalue weighted by atomic mass is 32.2. The minimum atomic E-state index is -3.50. The first-order valence-electron chi connectivity index (χ1n) is 8.48. The average molecular weight is 375 g/mol. The van der Waals surface area contributed by atoms with E-state index in [-0.39, 0.29) is 5.91 Å². The van der Waals surface area contributed by atoms with Crippen molar-refractivity contribution in [1.82, 2.24) is 15.2 Å². The van der Waals surface area contributed by atoms with Gasteiger partial charge in [-0.25, -0.2) is 13.4 Å². The second kappa shape index (κ2) is 7.41. The second-order valence-corrected chi connectivity index (χ2v) is 8.64. The number of sulfone groups is 1. The molecule has 3 rings (SSSR count). The Labute approximate surface area is 152 Å². The Morgan fingerprint density at radius 2 is 1.85 bits per heavy atom. The molecular weight excluding hydrogens is 354 g/mol. The van der Waals surface area contributed by atoms with Crippen LogP contribution in [-0.2, 0) is 14.6 Å². The van der Waals surface area contributed by atoms with E-state index in [0.717, 1.165) is 10.9 Å². The van der Waals surface area contributed by atoms with Gasteiger partial charge in [0.1, 0.15) is 11.4 Å². The van der Waals surface area contributed by atoms with Gasteiger partial charge in [0.15, 0.2) is 9.84 Å². The van der Waals surface area contributed by atoms with Crippen LogP contribution in [0.15, 0.2) is 36.4 Å². The third-order valence-corrected chi connectivity index (χ3v) is 6.82. The maximum Gasteiger partial charge on any atom is 0.272 e. The molecule has 0 radical (unpaired) electrons. The van der Waals surface area contributed by atoms with Crippen LogP contribution in [0.25, 0.3) is 10.9 Å². The van der Waals surface area contributed by atoms with Crippen molar-refractivity contribution < 1.29 is 18.0 Å². The average Bonchev–Trinajstić information content (AvgIpc) is 2.66. The SMILES string of the molecule is CNC(=O)CS(=O)(=O)C1CCN(C(=O)c2ccc3ccccc3n2)CC1. The Bertz CT molecular complexity index is 934. The number of hydrogen-bond acceptors (Lipinski definition) is 5. The minimum absolute atomic E-state index is 0.196. The molecule has 8 heteroatoms. The molecule has 0 atom stereocenters. The number of amides is 2. The van der Waals surface area contributed by atoms with E-state index >= 15 is 0 Å². The molecule has 1 saturated heterocycles. The Hall–Kier alpha value is -2.48. The number of hydrogen-bond donors (Lipinski definition) is 1. The normalized spacial score (nSPS) is 15.8. The van der Waals surface area contributed by atoms with Crippen LogP contribution in [0, 0.1) is 0 Å². The predicted molar refractivity (Wildman–Crippen MR) is 98.5 cm³/mol. The number of likely N-dealkylation sites (tertiary alicyclic amines) is 1. The maximum atomic E-state index is 12.7. The largest absolute Gasteiger partial charge is 0.358 e. The van der Waals surface area contributed by atoms with Gasteiger partial charge >= 0.3 is 0 Å². The summed E-state index contributed by atoms with van der Waals surface area (Å²) in [5, 5.41) is 2.70. The number of nitrogens with one attached hydrogen (secondary N) is 1.